The molecule has 70 valence electrons. The minimum atomic E-state index is 0.538. The lowest BCUT2D eigenvalue weighted by Crippen LogP contribution is -1.79. The molecule has 2 heteroatoms. The zero-order valence-electron chi connectivity index (χ0n) is 7.65. The molecule has 0 aliphatic heterocycles. The SMILES string of the molecule is ClCC=Cc1cccc2ccncc12. The van der Waals surface area contributed by atoms with E-state index in [-0.39, 0.29) is 0 Å². The van der Waals surface area contributed by atoms with E-state index in [2.05, 4.69) is 17.1 Å². The van der Waals surface area contributed by atoms with Crippen LogP contribution < -0.4 is 0 Å². The van der Waals surface area contributed by atoms with Crippen LogP contribution in [0.5, 0.6) is 0 Å². The summed E-state index contributed by atoms with van der Waals surface area (Å²) in [5, 5.41) is 2.37. The molecule has 0 saturated carbocycles. The predicted molar refractivity (Wildman–Crippen MR) is 61.5 cm³/mol. The first-order valence-electron chi connectivity index (χ1n) is 4.47. The second-order valence-electron chi connectivity index (χ2n) is 3.00. The van der Waals surface area contributed by atoms with Crippen LogP contribution in [0.3, 0.4) is 0 Å². The number of rotatable bonds is 2. The van der Waals surface area contributed by atoms with Crippen LogP contribution in [-0.2, 0) is 0 Å². The highest BCUT2D eigenvalue weighted by Gasteiger charge is 1.95. The van der Waals surface area contributed by atoms with Gasteiger partial charge in [0, 0.05) is 23.7 Å². The van der Waals surface area contributed by atoms with E-state index in [0.717, 1.165) is 10.9 Å². The van der Waals surface area contributed by atoms with E-state index >= 15 is 0 Å². The fourth-order valence-electron chi connectivity index (χ4n) is 1.45. The Morgan fingerprint density at radius 2 is 2.21 bits per heavy atom. The Labute approximate surface area is 88.0 Å². The molecular weight excluding hydrogens is 194 g/mol. The van der Waals surface area contributed by atoms with Crippen molar-refractivity contribution in [2.75, 3.05) is 5.88 Å². The Hall–Kier alpha value is -1.34. The maximum absolute atomic E-state index is 5.60. The standard InChI is InChI=1S/C12H10ClN/c13-7-2-5-10-3-1-4-11-6-8-14-9-12(10)11/h1-6,8-9H,7H2. The predicted octanol–water partition coefficient (Wildman–Crippen LogP) is 3.49. The summed E-state index contributed by atoms with van der Waals surface area (Å²) in [5.74, 6) is 0.538. The van der Waals surface area contributed by atoms with Crippen LogP contribution in [0.4, 0.5) is 0 Å². The number of nitrogens with zero attached hydrogens (tertiary/aromatic N) is 1. The minimum absolute atomic E-state index is 0.538. The summed E-state index contributed by atoms with van der Waals surface area (Å²) in [6, 6.07) is 8.19. The van der Waals surface area contributed by atoms with Crippen LogP contribution in [0, 0.1) is 0 Å². The molecule has 0 amide bonds. The normalized spacial score (nSPS) is 11.2. The van der Waals surface area contributed by atoms with Gasteiger partial charge in [-0.05, 0) is 17.0 Å². The molecule has 0 radical (unpaired) electrons. The maximum atomic E-state index is 5.60. The van der Waals surface area contributed by atoms with Crippen molar-refractivity contribution in [2.45, 2.75) is 0 Å². The molecule has 2 aromatic rings. The number of hydrogen-bond donors (Lipinski definition) is 0. The number of allylic oxidation sites excluding steroid dienone is 1. The third-order valence-corrected chi connectivity index (χ3v) is 2.28. The highest BCUT2D eigenvalue weighted by atomic mass is 35.5. The lowest BCUT2D eigenvalue weighted by atomic mass is 10.1. The van der Waals surface area contributed by atoms with E-state index < -0.39 is 0 Å². The smallest absolute Gasteiger partial charge is 0.0407 e. The van der Waals surface area contributed by atoms with Crippen molar-refractivity contribution in [1.82, 2.24) is 4.98 Å². The summed E-state index contributed by atoms with van der Waals surface area (Å²) < 4.78 is 0. The molecule has 0 aliphatic carbocycles. The number of alkyl halides is 1. The molecule has 0 unspecified atom stereocenters. The maximum Gasteiger partial charge on any atom is 0.0407 e. The van der Waals surface area contributed by atoms with Gasteiger partial charge in [0.15, 0.2) is 0 Å². The molecule has 0 N–H and O–H groups in total. The fraction of sp³-hybridized carbons (Fsp3) is 0.0833. The van der Waals surface area contributed by atoms with Crippen LogP contribution in [0.25, 0.3) is 16.8 Å². The van der Waals surface area contributed by atoms with Crippen molar-refractivity contribution < 1.29 is 0 Å². The first kappa shape index (κ1) is 9.22. The summed E-state index contributed by atoms with van der Waals surface area (Å²) in [6.45, 7) is 0. The highest BCUT2D eigenvalue weighted by molar-refractivity contribution is 6.19. The second-order valence-corrected chi connectivity index (χ2v) is 3.31. The van der Waals surface area contributed by atoms with Gasteiger partial charge in [-0.25, -0.2) is 0 Å². The summed E-state index contributed by atoms with van der Waals surface area (Å²) >= 11 is 5.60. The van der Waals surface area contributed by atoms with E-state index in [1.165, 1.54) is 5.39 Å². The molecule has 0 saturated heterocycles. The number of fused-ring (bicyclic) bond motifs is 1. The molecule has 14 heavy (non-hydrogen) atoms. The molecule has 0 aliphatic rings. The fourth-order valence-corrected chi connectivity index (χ4v) is 1.54. The average Bonchev–Trinajstić information content (AvgIpc) is 2.26. The van der Waals surface area contributed by atoms with Gasteiger partial charge in [0.1, 0.15) is 0 Å². The third-order valence-electron chi connectivity index (χ3n) is 2.10. The quantitative estimate of drug-likeness (QED) is 0.681. The Morgan fingerprint density at radius 1 is 1.29 bits per heavy atom. The van der Waals surface area contributed by atoms with Gasteiger partial charge in [-0.2, -0.15) is 0 Å². The van der Waals surface area contributed by atoms with Crippen molar-refractivity contribution in [3.8, 4) is 0 Å². The van der Waals surface area contributed by atoms with E-state index in [4.69, 9.17) is 11.6 Å². The van der Waals surface area contributed by atoms with Crippen molar-refractivity contribution in [2.24, 2.45) is 0 Å². The first-order chi connectivity index (χ1) is 6.92. The van der Waals surface area contributed by atoms with Gasteiger partial charge in [0.2, 0.25) is 0 Å². The molecule has 0 spiro atoms. The molecule has 1 nitrogen and oxygen atoms in total. The lowest BCUT2D eigenvalue weighted by Gasteiger charge is -2.00. The zero-order valence-corrected chi connectivity index (χ0v) is 8.41. The zero-order chi connectivity index (χ0) is 9.80. The summed E-state index contributed by atoms with van der Waals surface area (Å²) in [6.07, 6.45) is 7.64. The molecule has 0 fully saturated rings. The van der Waals surface area contributed by atoms with Gasteiger partial charge >= 0.3 is 0 Å². The average molecular weight is 204 g/mol. The lowest BCUT2D eigenvalue weighted by molar-refractivity contribution is 1.36. The molecule has 1 heterocycles. The molecule has 1 aromatic heterocycles. The topological polar surface area (TPSA) is 12.9 Å². The molecule has 0 bridgehead atoms. The van der Waals surface area contributed by atoms with E-state index in [9.17, 15) is 0 Å². The van der Waals surface area contributed by atoms with Crippen molar-refractivity contribution in [3.05, 3.63) is 48.3 Å². The second kappa shape index (κ2) is 4.25. The Kier molecular flexibility index (Phi) is 2.80. The summed E-state index contributed by atoms with van der Waals surface area (Å²) in [7, 11) is 0. The van der Waals surface area contributed by atoms with Crippen LogP contribution in [0.15, 0.2) is 42.7 Å². The van der Waals surface area contributed by atoms with Crippen molar-refractivity contribution in [1.29, 1.82) is 0 Å². The first-order valence-corrected chi connectivity index (χ1v) is 5.00. The van der Waals surface area contributed by atoms with Crippen LogP contribution >= 0.6 is 11.6 Å². The van der Waals surface area contributed by atoms with Crippen LogP contribution in [-0.4, -0.2) is 10.9 Å². The third kappa shape index (κ3) is 1.78. The summed E-state index contributed by atoms with van der Waals surface area (Å²) in [4.78, 5) is 4.11. The molecular formula is C12H10ClN. The van der Waals surface area contributed by atoms with Crippen molar-refractivity contribution >= 4 is 28.4 Å². The van der Waals surface area contributed by atoms with E-state index in [1.807, 2.05) is 30.5 Å². The highest BCUT2D eigenvalue weighted by Crippen LogP contribution is 2.18. The van der Waals surface area contributed by atoms with Crippen LogP contribution in [0.1, 0.15) is 5.56 Å². The number of hydrogen-bond acceptors (Lipinski definition) is 1. The van der Waals surface area contributed by atoms with Crippen molar-refractivity contribution in [3.63, 3.8) is 0 Å². The largest absolute Gasteiger partial charge is 0.264 e. The number of pyridine rings is 1. The number of benzene rings is 1. The Bertz CT molecular complexity index is 457. The van der Waals surface area contributed by atoms with Gasteiger partial charge in [-0.15, -0.1) is 11.6 Å². The molecule has 0 atom stereocenters. The molecule has 2 rings (SSSR count). The van der Waals surface area contributed by atoms with Gasteiger partial charge in [-0.3, -0.25) is 4.98 Å². The summed E-state index contributed by atoms with van der Waals surface area (Å²) in [5.41, 5.74) is 1.16. The van der Waals surface area contributed by atoms with Gasteiger partial charge < -0.3 is 0 Å². The monoisotopic (exact) mass is 203 g/mol. The van der Waals surface area contributed by atoms with E-state index in [1.54, 1.807) is 6.20 Å². The van der Waals surface area contributed by atoms with E-state index in [0.29, 0.717) is 5.88 Å². The van der Waals surface area contributed by atoms with Gasteiger partial charge in [0.05, 0.1) is 0 Å². The number of aromatic nitrogens is 1. The number of halogens is 1. The Balaban J connectivity index is 2.59. The minimum Gasteiger partial charge on any atom is -0.264 e. The van der Waals surface area contributed by atoms with Gasteiger partial charge in [-0.1, -0.05) is 30.4 Å². The van der Waals surface area contributed by atoms with Crippen LogP contribution in [0.2, 0.25) is 0 Å². The Morgan fingerprint density at radius 3 is 3.07 bits per heavy atom. The molecule has 1 aromatic carbocycles. The van der Waals surface area contributed by atoms with Gasteiger partial charge in [0.25, 0.3) is 0 Å².